The first kappa shape index (κ1) is 31.8. The van der Waals surface area contributed by atoms with E-state index in [9.17, 15) is 10.1 Å². The lowest BCUT2D eigenvalue weighted by Gasteiger charge is -2.39. The number of likely N-dealkylation sites (tertiary alicyclic amines) is 1. The highest BCUT2D eigenvalue weighted by Gasteiger charge is 2.32. The highest BCUT2D eigenvalue weighted by atomic mass is 19.1. The minimum atomic E-state index is -0.641. The van der Waals surface area contributed by atoms with E-state index < -0.39 is 11.4 Å². The maximum atomic E-state index is 15.3. The van der Waals surface area contributed by atoms with Crippen molar-refractivity contribution >= 4 is 23.3 Å². The highest BCUT2D eigenvalue weighted by Crippen LogP contribution is 2.28. The van der Waals surface area contributed by atoms with Gasteiger partial charge in [0.1, 0.15) is 46.9 Å². The van der Waals surface area contributed by atoms with Gasteiger partial charge in [0, 0.05) is 49.4 Å². The Bertz CT molecular complexity index is 1570. The lowest BCUT2D eigenvalue weighted by Crippen LogP contribution is -2.50. The van der Waals surface area contributed by atoms with Gasteiger partial charge in [-0.3, -0.25) is 15.1 Å². The molecule has 3 aliphatic rings. The number of morpholine rings is 1. The van der Waals surface area contributed by atoms with Crippen molar-refractivity contribution in [3.63, 3.8) is 0 Å². The summed E-state index contributed by atoms with van der Waals surface area (Å²) < 4.78 is 26.5. The molecular formula is C33H39FN8O3. The summed E-state index contributed by atoms with van der Waals surface area (Å²) in [6, 6.07) is 6.20. The maximum Gasteiger partial charge on any atom is 0.264 e. The van der Waals surface area contributed by atoms with Crippen LogP contribution in [-0.2, 0) is 9.53 Å². The first-order valence-electron chi connectivity index (χ1n) is 15.2. The van der Waals surface area contributed by atoms with Crippen LogP contribution in [0.4, 0.5) is 16.0 Å². The van der Waals surface area contributed by atoms with Crippen LogP contribution >= 0.6 is 0 Å². The molecule has 1 amide bonds. The van der Waals surface area contributed by atoms with E-state index in [1.165, 1.54) is 18.5 Å². The Morgan fingerprint density at radius 1 is 1.27 bits per heavy atom. The van der Waals surface area contributed by atoms with Gasteiger partial charge in [0.25, 0.3) is 5.91 Å². The fraction of sp³-hybridized carbons (Fsp3) is 0.424. The highest BCUT2D eigenvalue weighted by molar-refractivity contribution is 6.16. The van der Waals surface area contributed by atoms with E-state index >= 15 is 4.39 Å². The summed E-state index contributed by atoms with van der Waals surface area (Å²) in [5.74, 6) is 0.297. The Hall–Kier alpha value is -4.60. The molecule has 236 valence electrons. The number of rotatable bonds is 9. The van der Waals surface area contributed by atoms with Gasteiger partial charge in [-0.25, -0.2) is 14.4 Å². The van der Waals surface area contributed by atoms with Crippen LogP contribution < -0.4 is 15.8 Å². The normalized spacial score (nSPS) is 19.4. The second kappa shape index (κ2) is 14.0. The van der Waals surface area contributed by atoms with Crippen molar-refractivity contribution in [2.45, 2.75) is 51.1 Å². The molecule has 3 heterocycles. The number of ether oxygens (including phenoxy) is 2. The van der Waals surface area contributed by atoms with Crippen LogP contribution in [0.5, 0.6) is 5.75 Å². The monoisotopic (exact) mass is 614 g/mol. The number of nitrogens with two attached hydrogens (primary N) is 1. The number of carbonyl (C=O) groups excluding carboxylic acids is 1. The molecule has 2 aromatic rings. The van der Waals surface area contributed by atoms with Crippen LogP contribution in [0.1, 0.15) is 50.7 Å². The van der Waals surface area contributed by atoms with E-state index in [1.54, 1.807) is 17.0 Å². The fourth-order valence-electron chi connectivity index (χ4n) is 5.82. The van der Waals surface area contributed by atoms with Gasteiger partial charge >= 0.3 is 0 Å². The number of hydrogen-bond donors (Lipinski definition) is 3. The van der Waals surface area contributed by atoms with Gasteiger partial charge in [0.2, 0.25) is 0 Å². The Labute approximate surface area is 262 Å². The smallest absolute Gasteiger partial charge is 0.264 e. The zero-order valence-corrected chi connectivity index (χ0v) is 25.7. The molecule has 5 rings (SSSR count). The Balaban J connectivity index is 1.30. The molecule has 1 aliphatic carbocycles. The molecule has 1 atom stereocenters. The predicted octanol–water partition coefficient (Wildman–Crippen LogP) is 4.19. The number of anilines is 2. The molecule has 0 saturated carbocycles. The zero-order valence-electron chi connectivity index (χ0n) is 25.7. The molecule has 2 saturated heterocycles. The van der Waals surface area contributed by atoms with Crippen molar-refractivity contribution in [2.75, 3.05) is 50.4 Å². The van der Waals surface area contributed by atoms with Crippen molar-refractivity contribution in [1.82, 2.24) is 19.8 Å². The lowest BCUT2D eigenvalue weighted by molar-refractivity contribution is -0.127. The SMILES string of the molecule is CC(C)(/C=C(\C#N)C(=O)N1CCC[C@@H](Nc2ncnc(N)c2C(=N)c2ccc(OC3=CCCC=C3)cc2F)C1)N1CCOCC1. The van der Waals surface area contributed by atoms with Crippen molar-refractivity contribution in [2.24, 2.45) is 0 Å². The number of amides is 1. The number of aromatic nitrogens is 2. The molecule has 2 fully saturated rings. The molecule has 0 unspecified atom stereocenters. The molecule has 45 heavy (non-hydrogen) atoms. The third-order valence-corrected chi connectivity index (χ3v) is 8.26. The summed E-state index contributed by atoms with van der Waals surface area (Å²) >= 11 is 0. The minimum Gasteiger partial charge on any atom is -0.458 e. The van der Waals surface area contributed by atoms with Gasteiger partial charge in [0.15, 0.2) is 0 Å². The summed E-state index contributed by atoms with van der Waals surface area (Å²) in [5, 5.41) is 22.1. The maximum absolute atomic E-state index is 15.3. The van der Waals surface area contributed by atoms with Gasteiger partial charge in [-0.05, 0) is 69.9 Å². The second-order valence-electron chi connectivity index (χ2n) is 11.8. The minimum absolute atomic E-state index is 0.0206. The molecule has 4 N–H and O–H groups in total. The number of hydrogen-bond acceptors (Lipinski definition) is 10. The van der Waals surface area contributed by atoms with Crippen LogP contribution in [0.3, 0.4) is 0 Å². The van der Waals surface area contributed by atoms with E-state index in [0.29, 0.717) is 44.2 Å². The molecule has 12 heteroatoms. The standard InChI is InChI=1S/C33H39FN8O3/c1-33(2,42-13-15-44-16-14-42)18-22(19-35)32(43)41-12-6-7-23(20-41)40-31-28(30(37)38-21-39-31)29(36)26-11-10-25(17-27(26)34)45-24-8-4-3-5-9-24/h4,8-11,17-18,21,23,36H,3,5-7,12-16,20H2,1-2H3,(H3,37,38,39,40)/b22-18+,36-29?/t23-/m1/s1. The van der Waals surface area contributed by atoms with Gasteiger partial charge in [-0.15, -0.1) is 0 Å². The van der Waals surface area contributed by atoms with Crippen molar-refractivity contribution in [1.29, 1.82) is 10.7 Å². The third kappa shape index (κ3) is 7.56. The zero-order chi connectivity index (χ0) is 32.0. The van der Waals surface area contributed by atoms with Gasteiger partial charge < -0.3 is 25.4 Å². The summed E-state index contributed by atoms with van der Waals surface area (Å²) in [4.78, 5) is 25.8. The molecule has 1 aromatic heterocycles. The van der Waals surface area contributed by atoms with E-state index in [0.717, 1.165) is 32.4 Å². The van der Waals surface area contributed by atoms with Gasteiger partial charge in [0.05, 0.1) is 24.5 Å². The van der Waals surface area contributed by atoms with E-state index in [4.69, 9.17) is 20.6 Å². The van der Waals surface area contributed by atoms with E-state index in [-0.39, 0.29) is 46.0 Å². The number of piperidine rings is 1. The van der Waals surface area contributed by atoms with Gasteiger partial charge in [-0.1, -0.05) is 6.08 Å². The average Bonchev–Trinajstić information content (AvgIpc) is 3.04. The molecule has 11 nitrogen and oxygen atoms in total. The summed E-state index contributed by atoms with van der Waals surface area (Å²) in [6.07, 6.45) is 12.0. The predicted molar refractivity (Wildman–Crippen MR) is 169 cm³/mol. The van der Waals surface area contributed by atoms with Crippen LogP contribution in [0.2, 0.25) is 0 Å². The van der Waals surface area contributed by atoms with Crippen LogP contribution in [-0.4, -0.2) is 82.4 Å². The summed E-state index contributed by atoms with van der Waals surface area (Å²) in [7, 11) is 0. The second-order valence-corrected chi connectivity index (χ2v) is 11.8. The lowest BCUT2D eigenvalue weighted by atomic mass is 9.97. The quantitative estimate of drug-likeness (QED) is 0.214. The number of allylic oxidation sites excluding steroid dienone is 3. The Morgan fingerprint density at radius 3 is 2.78 bits per heavy atom. The molecule has 0 spiro atoms. The Kier molecular flexibility index (Phi) is 9.90. The van der Waals surface area contributed by atoms with E-state index in [1.807, 2.05) is 32.1 Å². The van der Waals surface area contributed by atoms with Crippen LogP contribution in [0, 0.1) is 22.6 Å². The number of nitrogen functional groups attached to an aromatic ring is 1. The van der Waals surface area contributed by atoms with Crippen LogP contribution in [0.15, 0.2) is 60.2 Å². The van der Waals surface area contributed by atoms with Crippen LogP contribution in [0.25, 0.3) is 0 Å². The largest absolute Gasteiger partial charge is 0.458 e. The van der Waals surface area contributed by atoms with Crippen molar-refractivity contribution in [3.05, 3.63) is 77.1 Å². The number of nitriles is 1. The molecule has 0 radical (unpaired) electrons. The van der Waals surface area contributed by atoms with Crippen molar-refractivity contribution in [3.8, 4) is 11.8 Å². The van der Waals surface area contributed by atoms with E-state index in [2.05, 4.69) is 26.3 Å². The molecule has 2 aliphatic heterocycles. The first-order chi connectivity index (χ1) is 21.7. The molecule has 1 aromatic carbocycles. The average molecular weight is 615 g/mol. The summed E-state index contributed by atoms with van der Waals surface area (Å²) in [5.41, 5.74) is 5.82. The number of nitrogens with one attached hydrogen (secondary N) is 2. The first-order valence-corrected chi connectivity index (χ1v) is 15.2. The number of benzene rings is 1. The third-order valence-electron chi connectivity index (χ3n) is 8.26. The molecular weight excluding hydrogens is 575 g/mol. The number of nitrogens with zero attached hydrogens (tertiary/aromatic N) is 5. The fourth-order valence-corrected chi connectivity index (χ4v) is 5.82. The number of halogens is 1. The number of carbonyl (C=O) groups is 1. The van der Waals surface area contributed by atoms with Gasteiger partial charge in [-0.2, -0.15) is 5.26 Å². The topological polar surface area (TPSA) is 153 Å². The Morgan fingerprint density at radius 2 is 2.07 bits per heavy atom. The van der Waals surface area contributed by atoms with Crippen molar-refractivity contribution < 1.29 is 18.7 Å². The molecule has 0 bridgehead atoms. The summed E-state index contributed by atoms with van der Waals surface area (Å²) in [6.45, 7) is 7.49.